The van der Waals surface area contributed by atoms with Crippen LogP contribution in [-0.2, 0) is 6.54 Å². The standard InChI is InChI=1S/C25H23F4N3O3/c26-21(27)23-31-30-22(35-23)16-6-7-17-13-32(24(34)18(17)12-16)19(14-4-2-1-3-5-14)20(33)15-8-10-25(28,29)11-9-15/h1-7,12,15,19-21,33H,8-11,13H2. The molecule has 0 saturated heterocycles. The van der Waals surface area contributed by atoms with Gasteiger partial charge in [-0.3, -0.25) is 4.79 Å². The van der Waals surface area contributed by atoms with Gasteiger partial charge in [-0.2, -0.15) is 8.78 Å². The van der Waals surface area contributed by atoms with Crippen LogP contribution in [0.3, 0.4) is 0 Å². The molecule has 6 nitrogen and oxygen atoms in total. The number of aromatic nitrogens is 2. The van der Waals surface area contributed by atoms with Gasteiger partial charge in [0.05, 0.1) is 12.1 Å². The Bertz CT molecular complexity index is 1210. The zero-order valence-electron chi connectivity index (χ0n) is 18.6. The zero-order valence-corrected chi connectivity index (χ0v) is 18.6. The molecule has 0 spiro atoms. The van der Waals surface area contributed by atoms with Gasteiger partial charge in [0.25, 0.3) is 11.8 Å². The first kappa shape index (κ1) is 23.5. The van der Waals surface area contributed by atoms with Gasteiger partial charge in [0.15, 0.2) is 0 Å². The summed E-state index contributed by atoms with van der Waals surface area (Å²) in [5.74, 6) is -4.40. The molecular weight excluding hydrogens is 466 g/mol. The Morgan fingerprint density at radius 3 is 2.43 bits per heavy atom. The molecule has 184 valence electrons. The second kappa shape index (κ2) is 9.07. The first-order valence-corrected chi connectivity index (χ1v) is 11.4. The lowest BCUT2D eigenvalue weighted by atomic mass is 9.79. The van der Waals surface area contributed by atoms with E-state index in [-0.39, 0.29) is 49.9 Å². The lowest BCUT2D eigenvalue weighted by molar-refractivity contribution is -0.0739. The van der Waals surface area contributed by atoms with Gasteiger partial charge in [0.1, 0.15) is 0 Å². The summed E-state index contributed by atoms with van der Waals surface area (Å²) in [5.41, 5.74) is 2.06. The number of benzene rings is 2. The van der Waals surface area contributed by atoms with Crippen LogP contribution in [-0.4, -0.2) is 38.1 Å². The summed E-state index contributed by atoms with van der Waals surface area (Å²) in [6.45, 7) is 0.208. The van der Waals surface area contributed by atoms with Crippen molar-refractivity contribution in [3.63, 3.8) is 0 Å². The minimum absolute atomic E-state index is 0.128. The van der Waals surface area contributed by atoms with Crippen molar-refractivity contribution in [3.05, 3.63) is 71.1 Å². The fraction of sp³-hybridized carbons (Fsp3) is 0.400. The van der Waals surface area contributed by atoms with Crippen LogP contribution in [0.2, 0.25) is 0 Å². The number of aliphatic hydroxyl groups excluding tert-OH is 1. The van der Waals surface area contributed by atoms with E-state index in [1.807, 2.05) is 6.07 Å². The Labute approximate surface area is 198 Å². The molecule has 2 aromatic carbocycles. The van der Waals surface area contributed by atoms with Crippen molar-refractivity contribution in [1.82, 2.24) is 15.1 Å². The Hall–Kier alpha value is -3.27. The van der Waals surface area contributed by atoms with Crippen LogP contribution in [0.15, 0.2) is 52.9 Å². The van der Waals surface area contributed by atoms with Crippen molar-refractivity contribution < 1.29 is 31.9 Å². The molecule has 1 aromatic heterocycles. The molecule has 1 aliphatic carbocycles. The van der Waals surface area contributed by atoms with Gasteiger partial charge in [-0.05, 0) is 42.0 Å². The third-order valence-electron chi connectivity index (χ3n) is 6.86. The van der Waals surface area contributed by atoms with Gasteiger partial charge in [-0.25, -0.2) is 8.78 Å². The van der Waals surface area contributed by atoms with Gasteiger partial charge in [-0.15, -0.1) is 10.2 Å². The average Bonchev–Trinajstić information content (AvgIpc) is 3.46. The largest absolute Gasteiger partial charge is 0.415 e. The predicted molar refractivity (Wildman–Crippen MR) is 117 cm³/mol. The van der Waals surface area contributed by atoms with Crippen LogP contribution < -0.4 is 0 Å². The van der Waals surface area contributed by atoms with E-state index in [4.69, 9.17) is 4.42 Å². The number of carbonyl (C=O) groups excluding carboxylic acids is 1. The molecule has 1 amide bonds. The SMILES string of the molecule is O=C1c2cc(-c3nnc(C(F)F)o3)ccc2CN1C(c1ccccc1)C(O)C1CCC(F)(F)CC1. The fourth-order valence-electron chi connectivity index (χ4n) is 4.99. The highest BCUT2D eigenvalue weighted by atomic mass is 19.3. The monoisotopic (exact) mass is 489 g/mol. The van der Waals surface area contributed by atoms with Gasteiger partial charge < -0.3 is 14.4 Å². The summed E-state index contributed by atoms with van der Waals surface area (Å²) in [5, 5.41) is 18.3. The number of hydrogen-bond acceptors (Lipinski definition) is 5. The van der Waals surface area contributed by atoms with Crippen LogP contribution in [0.1, 0.15) is 65.5 Å². The van der Waals surface area contributed by atoms with Gasteiger partial charge in [0.2, 0.25) is 11.8 Å². The number of fused-ring (bicyclic) bond motifs is 1. The van der Waals surface area contributed by atoms with Crippen molar-refractivity contribution in [3.8, 4) is 11.5 Å². The van der Waals surface area contributed by atoms with E-state index in [9.17, 15) is 27.5 Å². The van der Waals surface area contributed by atoms with Crippen LogP contribution in [0.5, 0.6) is 0 Å². The summed E-state index contributed by atoms with van der Waals surface area (Å²) < 4.78 is 58.1. The second-order valence-corrected chi connectivity index (χ2v) is 9.09. The summed E-state index contributed by atoms with van der Waals surface area (Å²) in [7, 11) is 0. The van der Waals surface area contributed by atoms with E-state index in [1.54, 1.807) is 41.3 Å². The first-order chi connectivity index (χ1) is 16.7. The number of alkyl halides is 4. The quantitative estimate of drug-likeness (QED) is 0.459. The van der Waals surface area contributed by atoms with Crippen LogP contribution in [0.4, 0.5) is 17.6 Å². The molecule has 35 heavy (non-hydrogen) atoms. The molecule has 0 radical (unpaired) electrons. The van der Waals surface area contributed by atoms with Crippen LogP contribution in [0.25, 0.3) is 11.5 Å². The fourth-order valence-corrected chi connectivity index (χ4v) is 4.99. The predicted octanol–water partition coefficient (Wildman–Crippen LogP) is 5.56. The molecule has 10 heteroatoms. The molecule has 2 aliphatic rings. The van der Waals surface area contributed by atoms with Gasteiger partial charge in [-0.1, -0.05) is 36.4 Å². The number of carbonyl (C=O) groups is 1. The van der Waals surface area contributed by atoms with E-state index in [1.165, 1.54) is 6.07 Å². The van der Waals surface area contributed by atoms with E-state index < -0.39 is 30.4 Å². The molecule has 2 heterocycles. The molecule has 1 fully saturated rings. The van der Waals surface area contributed by atoms with Crippen molar-refractivity contribution in [2.75, 3.05) is 0 Å². The molecule has 3 aromatic rings. The van der Waals surface area contributed by atoms with Crippen molar-refractivity contribution in [1.29, 1.82) is 0 Å². The Kier molecular flexibility index (Phi) is 6.08. The number of amides is 1. The summed E-state index contributed by atoms with van der Waals surface area (Å²) >= 11 is 0. The van der Waals surface area contributed by atoms with Crippen LogP contribution in [0, 0.1) is 5.92 Å². The minimum Gasteiger partial charge on any atom is -0.415 e. The maximum atomic E-state index is 13.7. The topological polar surface area (TPSA) is 79.5 Å². The molecule has 2 unspecified atom stereocenters. The Morgan fingerprint density at radius 2 is 1.77 bits per heavy atom. The number of halogens is 4. The lowest BCUT2D eigenvalue weighted by Gasteiger charge is -2.39. The van der Waals surface area contributed by atoms with Crippen molar-refractivity contribution in [2.45, 2.75) is 56.7 Å². The highest BCUT2D eigenvalue weighted by Gasteiger charge is 2.43. The summed E-state index contributed by atoms with van der Waals surface area (Å²) in [6.07, 6.45) is -4.19. The minimum atomic E-state index is -2.91. The molecule has 5 rings (SSSR count). The Morgan fingerprint density at radius 1 is 1.06 bits per heavy atom. The summed E-state index contributed by atoms with van der Waals surface area (Å²) in [4.78, 5) is 15.0. The number of hydrogen-bond donors (Lipinski definition) is 1. The molecule has 1 N–H and O–H groups in total. The third kappa shape index (κ3) is 4.54. The molecule has 1 saturated carbocycles. The normalized spacial score (nSPS) is 19.7. The maximum absolute atomic E-state index is 13.7. The highest BCUT2D eigenvalue weighted by molar-refractivity contribution is 5.99. The zero-order chi connectivity index (χ0) is 24.7. The number of nitrogens with zero attached hydrogens (tertiary/aromatic N) is 3. The summed E-state index contributed by atoms with van der Waals surface area (Å²) in [6, 6.07) is 13.1. The second-order valence-electron chi connectivity index (χ2n) is 9.09. The maximum Gasteiger partial charge on any atom is 0.314 e. The highest BCUT2D eigenvalue weighted by Crippen LogP contribution is 2.43. The number of aliphatic hydroxyl groups is 1. The first-order valence-electron chi connectivity index (χ1n) is 11.4. The molecule has 2 atom stereocenters. The van der Waals surface area contributed by atoms with Gasteiger partial charge >= 0.3 is 6.43 Å². The molecule has 0 bridgehead atoms. The Balaban J connectivity index is 1.44. The van der Waals surface area contributed by atoms with Crippen LogP contribution >= 0.6 is 0 Å². The number of rotatable bonds is 6. The van der Waals surface area contributed by atoms with Crippen molar-refractivity contribution in [2.24, 2.45) is 5.92 Å². The van der Waals surface area contributed by atoms with E-state index in [0.29, 0.717) is 22.3 Å². The van der Waals surface area contributed by atoms with Crippen molar-refractivity contribution >= 4 is 5.91 Å². The lowest BCUT2D eigenvalue weighted by Crippen LogP contribution is -2.42. The molecular formula is C25H23F4N3O3. The van der Waals surface area contributed by atoms with E-state index in [0.717, 1.165) is 0 Å². The van der Waals surface area contributed by atoms with E-state index in [2.05, 4.69) is 10.2 Å². The average molecular weight is 489 g/mol. The van der Waals surface area contributed by atoms with E-state index >= 15 is 0 Å². The third-order valence-corrected chi connectivity index (χ3v) is 6.86. The van der Waals surface area contributed by atoms with Gasteiger partial charge in [0, 0.05) is 30.5 Å². The molecule has 1 aliphatic heterocycles. The smallest absolute Gasteiger partial charge is 0.314 e.